The van der Waals surface area contributed by atoms with E-state index in [1.165, 1.54) is 23.1 Å². The highest BCUT2D eigenvalue weighted by Crippen LogP contribution is 2.43. The summed E-state index contributed by atoms with van der Waals surface area (Å²) in [6.45, 7) is 3.54. The summed E-state index contributed by atoms with van der Waals surface area (Å²) in [6, 6.07) is 7.84. The summed E-state index contributed by atoms with van der Waals surface area (Å²) in [5.74, 6) is -0.323. The van der Waals surface area contributed by atoms with Gasteiger partial charge in [-0.1, -0.05) is 6.92 Å². The van der Waals surface area contributed by atoms with Crippen molar-refractivity contribution in [2.45, 2.75) is 63.1 Å². The van der Waals surface area contributed by atoms with E-state index in [9.17, 15) is 28.3 Å². The van der Waals surface area contributed by atoms with E-state index >= 15 is 0 Å². The van der Waals surface area contributed by atoms with Crippen LogP contribution in [0, 0.1) is 18.3 Å². The maximum absolute atomic E-state index is 12.8. The second kappa shape index (κ2) is 9.35. The number of nitriles is 1. The molecule has 1 aliphatic rings. The van der Waals surface area contributed by atoms with Gasteiger partial charge in [-0.25, -0.2) is 9.67 Å². The van der Waals surface area contributed by atoms with E-state index < -0.39 is 28.7 Å². The van der Waals surface area contributed by atoms with E-state index in [4.69, 9.17) is 0 Å². The van der Waals surface area contributed by atoms with Crippen LogP contribution in [0.2, 0.25) is 0 Å². The van der Waals surface area contributed by atoms with Crippen LogP contribution in [-0.4, -0.2) is 36.4 Å². The lowest BCUT2D eigenvalue weighted by Crippen LogP contribution is -2.40. The van der Waals surface area contributed by atoms with Crippen molar-refractivity contribution < 1.29 is 23.1 Å². The molecule has 1 amide bonds. The molecule has 188 valence electrons. The zero-order valence-electron chi connectivity index (χ0n) is 19.8. The van der Waals surface area contributed by atoms with Crippen molar-refractivity contribution in [3.05, 3.63) is 65.4 Å². The van der Waals surface area contributed by atoms with Crippen LogP contribution >= 0.6 is 0 Å². The normalized spacial score (nSPS) is 22.1. The van der Waals surface area contributed by atoms with Gasteiger partial charge in [0.1, 0.15) is 0 Å². The standard InChI is InChI=1S/C25H25F3N6O2/c1-3-24(36)10-8-23(15-29,9-11-24)20-6-5-18(13-30-20)33-22(35)19-14-32-34(16(19)2)21-7-4-17(12-31-21)25(26,27)28/h4-7,12-14,36H,3,8-11H2,1-2H3,(H,33,35). The molecule has 0 aromatic carbocycles. The minimum Gasteiger partial charge on any atom is -0.390 e. The average Bonchev–Trinajstić information content (AvgIpc) is 3.26. The van der Waals surface area contributed by atoms with Gasteiger partial charge in [0.05, 0.1) is 57.7 Å². The first-order chi connectivity index (χ1) is 17.0. The minimum absolute atomic E-state index is 0.148. The van der Waals surface area contributed by atoms with E-state index in [2.05, 4.69) is 26.5 Å². The summed E-state index contributed by atoms with van der Waals surface area (Å²) in [5.41, 5.74) is -0.768. The Kier molecular flexibility index (Phi) is 6.58. The Morgan fingerprint density at radius 1 is 1.14 bits per heavy atom. The molecule has 2 N–H and O–H groups in total. The number of amides is 1. The fraction of sp³-hybridized carbons (Fsp3) is 0.400. The first kappa shape index (κ1) is 25.3. The number of hydrogen-bond donors (Lipinski definition) is 2. The number of pyridine rings is 2. The summed E-state index contributed by atoms with van der Waals surface area (Å²) >= 11 is 0. The molecule has 8 nitrogen and oxygen atoms in total. The van der Waals surface area contributed by atoms with Crippen LogP contribution in [0.5, 0.6) is 0 Å². The number of nitrogens with zero attached hydrogens (tertiary/aromatic N) is 5. The van der Waals surface area contributed by atoms with Gasteiger partial charge in [-0.2, -0.15) is 23.5 Å². The molecule has 1 fully saturated rings. The van der Waals surface area contributed by atoms with Crippen LogP contribution in [0.4, 0.5) is 18.9 Å². The summed E-state index contributed by atoms with van der Waals surface area (Å²) in [6.07, 6.45) is 1.69. The van der Waals surface area contributed by atoms with Gasteiger partial charge in [0.2, 0.25) is 0 Å². The molecule has 0 aliphatic heterocycles. The van der Waals surface area contributed by atoms with Gasteiger partial charge in [0, 0.05) is 6.20 Å². The minimum atomic E-state index is -4.50. The molecule has 1 aliphatic carbocycles. The molecule has 3 aromatic rings. The fourth-order valence-electron chi connectivity index (χ4n) is 4.41. The number of alkyl halides is 3. The summed E-state index contributed by atoms with van der Waals surface area (Å²) < 4.78 is 39.7. The van der Waals surface area contributed by atoms with E-state index in [-0.39, 0.29) is 11.4 Å². The third-order valence-corrected chi connectivity index (χ3v) is 6.96. The van der Waals surface area contributed by atoms with Crippen molar-refractivity contribution in [2.24, 2.45) is 0 Å². The maximum atomic E-state index is 12.8. The molecule has 0 spiro atoms. The van der Waals surface area contributed by atoms with Gasteiger partial charge in [-0.3, -0.25) is 9.78 Å². The van der Waals surface area contributed by atoms with Gasteiger partial charge in [0.15, 0.2) is 5.82 Å². The summed E-state index contributed by atoms with van der Waals surface area (Å²) in [7, 11) is 0. The van der Waals surface area contributed by atoms with Gasteiger partial charge < -0.3 is 10.4 Å². The highest BCUT2D eigenvalue weighted by atomic mass is 19.4. The number of rotatable bonds is 5. The molecule has 0 atom stereocenters. The molecule has 11 heteroatoms. The number of halogens is 3. The Balaban J connectivity index is 1.47. The van der Waals surface area contributed by atoms with Crippen LogP contribution < -0.4 is 5.32 Å². The summed E-state index contributed by atoms with van der Waals surface area (Å²) in [4.78, 5) is 21.1. The van der Waals surface area contributed by atoms with Crippen LogP contribution in [0.25, 0.3) is 5.82 Å². The number of hydrogen-bond acceptors (Lipinski definition) is 6. The zero-order chi connectivity index (χ0) is 26.1. The number of aliphatic hydroxyl groups is 1. The average molecular weight is 499 g/mol. The monoisotopic (exact) mass is 498 g/mol. The topological polar surface area (TPSA) is 117 Å². The molecule has 0 saturated heterocycles. The molecule has 0 bridgehead atoms. The van der Waals surface area contributed by atoms with Crippen LogP contribution in [0.3, 0.4) is 0 Å². The van der Waals surface area contributed by atoms with Crippen LogP contribution in [0.15, 0.2) is 42.9 Å². The quantitative estimate of drug-likeness (QED) is 0.526. The molecule has 0 radical (unpaired) electrons. The molecular weight excluding hydrogens is 473 g/mol. The van der Waals surface area contributed by atoms with Crippen molar-refractivity contribution in [2.75, 3.05) is 5.32 Å². The lowest BCUT2D eigenvalue weighted by Gasteiger charge is -2.39. The maximum Gasteiger partial charge on any atom is 0.417 e. The predicted octanol–water partition coefficient (Wildman–Crippen LogP) is 4.72. The van der Waals surface area contributed by atoms with Gasteiger partial charge in [-0.05, 0) is 63.3 Å². The molecule has 3 aromatic heterocycles. The highest BCUT2D eigenvalue weighted by Gasteiger charge is 2.43. The first-order valence-corrected chi connectivity index (χ1v) is 11.5. The van der Waals surface area contributed by atoms with Crippen molar-refractivity contribution >= 4 is 11.6 Å². The molecule has 36 heavy (non-hydrogen) atoms. The van der Waals surface area contributed by atoms with Gasteiger partial charge >= 0.3 is 6.18 Å². The lowest BCUT2D eigenvalue weighted by molar-refractivity contribution is -0.137. The van der Waals surface area contributed by atoms with Gasteiger partial charge in [0.25, 0.3) is 5.91 Å². The zero-order valence-corrected chi connectivity index (χ0v) is 19.8. The second-order valence-electron chi connectivity index (χ2n) is 9.12. The number of aromatic nitrogens is 4. The number of anilines is 1. The van der Waals surface area contributed by atoms with E-state index in [1.807, 2.05) is 6.92 Å². The van der Waals surface area contributed by atoms with Crippen molar-refractivity contribution in [3.8, 4) is 11.9 Å². The molecule has 4 rings (SSSR count). The Hall–Kier alpha value is -3.78. The fourth-order valence-corrected chi connectivity index (χ4v) is 4.41. The SMILES string of the molecule is CCC1(O)CCC(C#N)(c2ccc(NC(=O)c3cnn(-c4ccc(C(F)(F)F)cn4)c3C)cn2)CC1. The van der Waals surface area contributed by atoms with E-state index in [1.54, 1.807) is 19.1 Å². The third-order valence-electron chi connectivity index (χ3n) is 6.96. The Morgan fingerprint density at radius 2 is 1.86 bits per heavy atom. The Bertz CT molecular complexity index is 1290. The molecule has 1 saturated carbocycles. The van der Waals surface area contributed by atoms with Gasteiger partial charge in [-0.15, -0.1) is 0 Å². The third kappa shape index (κ3) is 4.81. The van der Waals surface area contributed by atoms with E-state index in [0.717, 1.165) is 6.07 Å². The van der Waals surface area contributed by atoms with Crippen molar-refractivity contribution in [1.82, 2.24) is 19.7 Å². The Morgan fingerprint density at radius 3 is 2.39 bits per heavy atom. The number of carbonyl (C=O) groups is 1. The highest BCUT2D eigenvalue weighted by molar-refractivity contribution is 6.04. The number of carbonyl (C=O) groups excluding carboxylic acids is 1. The van der Waals surface area contributed by atoms with E-state index in [0.29, 0.717) is 55.4 Å². The largest absolute Gasteiger partial charge is 0.417 e. The number of nitrogens with one attached hydrogen (secondary N) is 1. The Labute approximate surface area is 205 Å². The predicted molar refractivity (Wildman–Crippen MR) is 124 cm³/mol. The molecule has 0 unspecified atom stereocenters. The molecule has 3 heterocycles. The van der Waals surface area contributed by atoms with Crippen molar-refractivity contribution in [1.29, 1.82) is 5.26 Å². The summed E-state index contributed by atoms with van der Waals surface area (Å²) in [5, 5.41) is 27.2. The van der Waals surface area contributed by atoms with Crippen LogP contribution in [-0.2, 0) is 11.6 Å². The lowest BCUT2D eigenvalue weighted by atomic mass is 9.67. The van der Waals surface area contributed by atoms with Crippen molar-refractivity contribution in [3.63, 3.8) is 0 Å². The molecular formula is C25H25F3N6O2. The first-order valence-electron chi connectivity index (χ1n) is 11.5. The second-order valence-corrected chi connectivity index (χ2v) is 9.12. The van der Waals surface area contributed by atoms with Crippen LogP contribution in [0.1, 0.15) is 66.3 Å². The smallest absolute Gasteiger partial charge is 0.390 e.